The lowest BCUT2D eigenvalue weighted by molar-refractivity contribution is -0.121. The number of nitrogens with one attached hydrogen (secondary N) is 2. The predicted octanol–water partition coefficient (Wildman–Crippen LogP) is 3.22. The Bertz CT molecular complexity index is 979. The zero-order chi connectivity index (χ0) is 17.8. The number of H-pyrrole nitrogens is 1. The largest absolute Gasteiger partial charge is 0.352 e. The van der Waals surface area contributed by atoms with Crippen LogP contribution in [0.15, 0.2) is 53.3 Å². The van der Waals surface area contributed by atoms with Gasteiger partial charge in [0.15, 0.2) is 0 Å². The highest BCUT2D eigenvalue weighted by Crippen LogP contribution is 2.15. The van der Waals surface area contributed by atoms with E-state index in [1.54, 1.807) is 18.2 Å². The summed E-state index contributed by atoms with van der Waals surface area (Å²) in [5.41, 5.74) is 2.65. The zero-order valence-electron chi connectivity index (χ0n) is 13.9. The van der Waals surface area contributed by atoms with E-state index in [0.29, 0.717) is 17.5 Å². The zero-order valence-corrected chi connectivity index (χ0v) is 13.9. The van der Waals surface area contributed by atoms with Crippen molar-refractivity contribution in [2.75, 3.05) is 0 Å². The Hall–Kier alpha value is -2.95. The molecule has 0 atom stereocenters. The second-order valence-electron chi connectivity index (χ2n) is 6.03. The third kappa shape index (κ3) is 3.94. The Balaban J connectivity index is 1.64. The van der Waals surface area contributed by atoms with E-state index in [0.717, 1.165) is 16.5 Å². The Labute approximate surface area is 144 Å². The van der Waals surface area contributed by atoms with Crippen LogP contribution in [0.4, 0.5) is 4.39 Å². The minimum Gasteiger partial charge on any atom is -0.352 e. The molecule has 0 aliphatic heterocycles. The number of halogens is 1. The number of fused-ring (bicyclic) bond motifs is 1. The van der Waals surface area contributed by atoms with Crippen molar-refractivity contribution in [2.45, 2.75) is 26.3 Å². The number of para-hydroxylation sites is 1. The van der Waals surface area contributed by atoms with Gasteiger partial charge in [0.05, 0.1) is 5.52 Å². The van der Waals surface area contributed by atoms with Gasteiger partial charge in [-0.2, -0.15) is 0 Å². The molecule has 2 aromatic carbocycles. The number of aryl methyl sites for hydroxylation is 2. The van der Waals surface area contributed by atoms with Crippen LogP contribution in [-0.4, -0.2) is 10.9 Å². The smallest absolute Gasteiger partial charge is 0.251 e. The fourth-order valence-corrected chi connectivity index (χ4v) is 2.79. The second-order valence-corrected chi connectivity index (χ2v) is 6.03. The summed E-state index contributed by atoms with van der Waals surface area (Å²) < 4.78 is 13.5. The second kappa shape index (κ2) is 7.30. The summed E-state index contributed by atoms with van der Waals surface area (Å²) >= 11 is 0. The highest BCUT2D eigenvalue weighted by molar-refractivity contribution is 5.82. The fourth-order valence-electron chi connectivity index (χ4n) is 2.79. The number of carbonyl (C=O) groups excluding carboxylic acids is 1. The Morgan fingerprint density at radius 3 is 2.72 bits per heavy atom. The van der Waals surface area contributed by atoms with Gasteiger partial charge < -0.3 is 10.3 Å². The molecule has 0 unspecified atom stereocenters. The van der Waals surface area contributed by atoms with Crippen molar-refractivity contribution < 1.29 is 9.18 Å². The maximum absolute atomic E-state index is 13.5. The van der Waals surface area contributed by atoms with Crippen molar-refractivity contribution in [3.05, 3.63) is 81.4 Å². The summed E-state index contributed by atoms with van der Waals surface area (Å²) in [4.78, 5) is 27.0. The molecule has 1 heterocycles. The number of amides is 1. The number of hydrogen-bond donors (Lipinski definition) is 2. The standard InChI is InChI=1S/C20H19FN2O2/c1-13-5-4-7-14-11-15(20(25)23-19(13)14)9-10-18(24)22-12-16-6-2-3-8-17(16)21/h2-8,11H,9-10,12H2,1H3,(H,22,24)(H,23,25). The molecule has 3 rings (SSSR count). The molecule has 3 aromatic rings. The molecule has 128 valence electrons. The summed E-state index contributed by atoms with van der Waals surface area (Å²) in [6.45, 7) is 2.08. The van der Waals surface area contributed by atoms with Gasteiger partial charge in [-0.15, -0.1) is 0 Å². The number of aromatic amines is 1. The Morgan fingerprint density at radius 2 is 1.92 bits per heavy atom. The van der Waals surface area contributed by atoms with E-state index >= 15 is 0 Å². The van der Waals surface area contributed by atoms with Crippen molar-refractivity contribution in [2.24, 2.45) is 0 Å². The van der Waals surface area contributed by atoms with Crippen LogP contribution in [0.2, 0.25) is 0 Å². The van der Waals surface area contributed by atoms with Crippen molar-refractivity contribution in [1.82, 2.24) is 10.3 Å². The van der Waals surface area contributed by atoms with Crippen LogP contribution in [-0.2, 0) is 17.8 Å². The van der Waals surface area contributed by atoms with E-state index in [1.165, 1.54) is 6.07 Å². The minimum absolute atomic E-state index is 0.138. The monoisotopic (exact) mass is 338 g/mol. The number of pyridine rings is 1. The van der Waals surface area contributed by atoms with Crippen molar-refractivity contribution in [3.63, 3.8) is 0 Å². The number of benzene rings is 2. The normalized spacial score (nSPS) is 10.8. The number of aromatic nitrogens is 1. The molecular formula is C20H19FN2O2. The van der Waals surface area contributed by atoms with E-state index in [-0.39, 0.29) is 30.2 Å². The summed E-state index contributed by atoms with van der Waals surface area (Å²) in [6, 6.07) is 13.9. The van der Waals surface area contributed by atoms with E-state index in [4.69, 9.17) is 0 Å². The van der Waals surface area contributed by atoms with Gasteiger partial charge in [0, 0.05) is 24.1 Å². The lowest BCUT2D eigenvalue weighted by atomic mass is 10.1. The predicted molar refractivity (Wildman–Crippen MR) is 95.9 cm³/mol. The number of rotatable bonds is 5. The molecule has 0 radical (unpaired) electrons. The van der Waals surface area contributed by atoms with Crippen LogP contribution >= 0.6 is 0 Å². The molecule has 0 spiro atoms. The van der Waals surface area contributed by atoms with Gasteiger partial charge in [-0.3, -0.25) is 9.59 Å². The SMILES string of the molecule is Cc1cccc2cc(CCC(=O)NCc3ccccc3F)c(=O)[nH]c12. The molecule has 0 fully saturated rings. The van der Waals surface area contributed by atoms with Crippen molar-refractivity contribution >= 4 is 16.8 Å². The molecule has 0 saturated heterocycles. The van der Waals surface area contributed by atoms with E-state index in [1.807, 2.05) is 31.2 Å². The van der Waals surface area contributed by atoms with Crippen LogP contribution in [0.5, 0.6) is 0 Å². The number of carbonyl (C=O) groups is 1. The first-order chi connectivity index (χ1) is 12.0. The van der Waals surface area contributed by atoms with Gasteiger partial charge in [-0.1, -0.05) is 36.4 Å². The minimum atomic E-state index is -0.343. The first-order valence-corrected chi connectivity index (χ1v) is 8.16. The fraction of sp³-hybridized carbons (Fsp3) is 0.200. The third-order valence-corrected chi connectivity index (χ3v) is 4.22. The maximum Gasteiger partial charge on any atom is 0.251 e. The van der Waals surface area contributed by atoms with Gasteiger partial charge in [0.1, 0.15) is 5.82 Å². The first-order valence-electron chi connectivity index (χ1n) is 8.16. The molecule has 0 bridgehead atoms. The molecule has 0 aliphatic rings. The highest BCUT2D eigenvalue weighted by atomic mass is 19.1. The molecular weight excluding hydrogens is 319 g/mol. The van der Waals surface area contributed by atoms with E-state index in [9.17, 15) is 14.0 Å². The van der Waals surface area contributed by atoms with Gasteiger partial charge in [-0.25, -0.2) is 4.39 Å². The summed E-state index contributed by atoms with van der Waals surface area (Å²) in [6.07, 6.45) is 0.511. The first kappa shape index (κ1) is 16.9. The Kier molecular flexibility index (Phi) is 4.93. The van der Waals surface area contributed by atoms with Crippen LogP contribution in [0.25, 0.3) is 10.9 Å². The highest BCUT2D eigenvalue weighted by Gasteiger charge is 2.08. The van der Waals surface area contributed by atoms with E-state index < -0.39 is 0 Å². The van der Waals surface area contributed by atoms with Crippen LogP contribution < -0.4 is 10.9 Å². The molecule has 1 amide bonds. The topological polar surface area (TPSA) is 62.0 Å². The van der Waals surface area contributed by atoms with Crippen LogP contribution in [0.1, 0.15) is 23.1 Å². The van der Waals surface area contributed by atoms with Crippen molar-refractivity contribution in [1.29, 1.82) is 0 Å². The maximum atomic E-state index is 13.5. The summed E-state index contributed by atoms with van der Waals surface area (Å²) in [5.74, 6) is -0.559. The molecule has 0 saturated carbocycles. The average Bonchev–Trinajstić information content (AvgIpc) is 2.60. The van der Waals surface area contributed by atoms with Gasteiger partial charge in [0.25, 0.3) is 5.56 Å². The lowest BCUT2D eigenvalue weighted by Crippen LogP contribution is -2.24. The molecule has 5 heteroatoms. The molecule has 25 heavy (non-hydrogen) atoms. The summed E-state index contributed by atoms with van der Waals surface area (Å²) in [5, 5.41) is 3.63. The molecule has 1 aromatic heterocycles. The Morgan fingerprint density at radius 1 is 1.12 bits per heavy atom. The summed E-state index contributed by atoms with van der Waals surface area (Å²) in [7, 11) is 0. The van der Waals surface area contributed by atoms with Gasteiger partial charge in [-0.05, 0) is 36.4 Å². The van der Waals surface area contributed by atoms with Crippen molar-refractivity contribution in [3.8, 4) is 0 Å². The third-order valence-electron chi connectivity index (χ3n) is 4.22. The van der Waals surface area contributed by atoms with Crippen LogP contribution in [0.3, 0.4) is 0 Å². The molecule has 4 nitrogen and oxygen atoms in total. The molecule has 0 aliphatic carbocycles. The number of hydrogen-bond acceptors (Lipinski definition) is 2. The quantitative estimate of drug-likeness (QED) is 0.750. The average molecular weight is 338 g/mol. The van der Waals surface area contributed by atoms with Crippen LogP contribution in [0, 0.1) is 12.7 Å². The molecule has 2 N–H and O–H groups in total. The van der Waals surface area contributed by atoms with E-state index in [2.05, 4.69) is 10.3 Å². The lowest BCUT2D eigenvalue weighted by Gasteiger charge is -2.07. The van der Waals surface area contributed by atoms with Gasteiger partial charge in [0.2, 0.25) is 5.91 Å². The van der Waals surface area contributed by atoms with Gasteiger partial charge >= 0.3 is 0 Å².